The highest BCUT2D eigenvalue weighted by atomic mass is 79.9. The largest absolute Gasteiger partial charge is 0.473 e. The standard InChI is InChI=1S/C26H31BrN2O2S.C2H2O4/c1-3-20-21-8-13-29(17(2)30)15-26(21)32-25(20)9-12-28-10-6-18(7-11-28)23-16-31-24-5-4-19(27)14-22(23)24;3-1(4)2(5)6/h4-5,14,16,18H,3,6-13,15H2,1-2H3;(H,3,4)(H,5,6). The zero-order chi connectivity index (χ0) is 27.4. The van der Waals surface area contributed by atoms with Crippen molar-refractivity contribution in [3.63, 3.8) is 0 Å². The molecule has 2 aromatic heterocycles. The summed E-state index contributed by atoms with van der Waals surface area (Å²) in [6, 6.07) is 6.29. The van der Waals surface area contributed by atoms with E-state index in [1.807, 2.05) is 28.6 Å². The van der Waals surface area contributed by atoms with Crippen molar-refractivity contribution >= 4 is 56.1 Å². The summed E-state index contributed by atoms with van der Waals surface area (Å²) in [5, 5.41) is 16.0. The molecule has 2 N–H and O–H groups in total. The molecule has 0 atom stereocenters. The maximum atomic E-state index is 11.8. The number of fused-ring (bicyclic) bond motifs is 2. The van der Waals surface area contributed by atoms with Gasteiger partial charge < -0.3 is 24.4 Å². The fourth-order valence-corrected chi connectivity index (χ4v) is 7.28. The molecule has 2 aliphatic heterocycles. The lowest BCUT2D eigenvalue weighted by molar-refractivity contribution is -0.159. The lowest BCUT2D eigenvalue weighted by atomic mass is 9.89. The summed E-state index contributed by atoms with van der Waals surface area (Å²) in [7, 11) is 0. The third-order valence-corrected chi connectivity index (χ3v) is 9.29. The minimum Gasteiger partial charge on any atom is -0.473 e. The number of rotatable bonds is 5. The van der Waals surface area contributed by atoms with Gasteiger partial charge in [-0.1, -0.05) is 22.9 Å². The molecule has 5 rings (SSSR count). The molecule has 3 aromatic rings. The van der Waals surface area contributed by atoms with E-state index >= 15 is 0 Å². The summed E-state index contributed by atoms with van der Waals surface area (Å²) in [6.45, 7) is 9.08. The van der Waals surface area contributed by atoms with Crippen LogP contribution in [0.1, 0.15) is 59.1 Å². The Morgan fingerprint density at radius 2 is 1.84 bits per heavy atom. The number of carbonyl (C=O) groups is 3. The Hall–Kier alpha value is -2.69. The first-order chi connectivity index (χ1) is 18.2. The Balaban J connectivity index is 0.000000505. The molecule has 1 fully saturated rings. The number of hydrogen-bond donors (Lipinski definition) is 2. The van der Waals surface area contributed by atoms with E-state index in [0.29, 0.717) is 5.92 Å². The van der Waals surface area contributed by atoms with Crippen LogP contribution in [0.15, 0.2) is 33.4 Å². The van der Waals surface area contributed by atoms with E-state index in [1.165, 1.54) is 28.7 Å². The molecule has 0 unspecified atom stereocenters. The third kappa shape index (κ3) is 6.47. The van der Waals surface area contributed by atoms with E-state index in [4.69, 9.17) is 24.2 Å². The van der Waals surface area contributed by atoms with Gasteiger partial charge in [0.1, 0.15) is 5.58 Å². The first-order valence-corrected chi connectivity index (χ1v) is 14.5. The molecule has 1 amide bonds. The van der Waals surface area contributed by atoms with E-state index in [-0.39, 0.29) is 5.91 Å². The van der Waals surface area contributed by atoms with Gasteiger partial charge in [0.25, 0.3) is 0 Å². The maximum Gasteiger partial charge on any atom is 0.414 e. The molecule has 4 heterocycles. The van der Waals surface area contributed by atoms with Gasteiger partial charge in [0.15, 0.2) is 0 Å². The summed E-state index contributed by atoms with van der Waals surface area (Å²) in [4.78, 5) is 37.6. The average molecular weight is 606 g/mol. The summed E-state index contributed by atoms with van der Waals surface area (Å²) in [5.41, 5.74) is 5.47. The molecule has 0 aliphatic carbocycles. The number of hydrogen-bond acceptors (Lipinski definition) is 6. The van der Waals surface area contributed by atoms with Gasteiger partial charge in [-0.25, -0.2) is 9.59 Å². The molecule has 8 nitrogen and oxygen atoms in total. The van der Waals surface area contributed by atoms with Crippen LogP contribution >= 0.6 is 27.3 Å². The van der Waals surface area contributed by atoms with Crippen molar-refractivity contribution < 1.29 is 29.0 Å². The summed E-state index contributed by atoms with van der Waals surface area (Å²) in [5.74, 6) is -2.87. The number of furan rings is 1. The summed E-state index contributed by atoms with van der Waals surface area (Å²) in [6.07, 6.45) is 7.62. The van der Waals surface area contributed by atoms with Crippen LogP contribution in [-0.2, 0) is 40.2 Å². The van der Waals surface area contributed by atoms with Crippen molar-refractivity contribution in [2.45, 2.75) is 58.4 Å². The molecule has 0 saturated carbocycles. The van der Waals surface area contributed by atoms with Crippen LogP contribution in [0, 0.1) is 0 Å². The SMILES string of the molecule is CCc1c(CCN2CCC(c3coc4ccc(Br)cc34)CC2)sc2c1CCN(C(C)=O)C2.O=C(O)C(=O)O. The van der Waals surface area contributed by atoms with Crippen molar-refractivity contribution in [2.75, 3.05) is 26.2 Å². The first-order valence-electron chi connectivity index (χ1n) is 12.9. The number of halogens is 1. The Kier molecular flexibility index (Phi) is 9.27. The van der Waals surface area contributed by atoms with Crippen molar-refractivity contribution in [3.05, 3.63) is 55.4 Å². The lowest BCUT2D eigenvalue weighted by Gasteiger charge is -2.31. The molecule has 10 heteroatoms. The molecular weight excluding hydrogens is 572 g/mol. The fourth-order valence-electron chi connectivity index (χ4n) is 5.47. The third-order valence-electron chi connectivity index (χ3n) is 7.48. The molecular formula is C28H33BrN2O6S. The van der Waals surface area contributed by atoms with E-state index in [2.05, 4.69) is 39.9 Å². The number of benzene rings is 1. The van der Waals surface area contributed by atoms with Crippen LogP contribution < -0.4 is 0 Å². The molecule has 0 spiro atoms. The second kappa shape index (κ2) is 12.4. The van der Waals surface area contributed by atoms with Crippen molar-refractivity contribution in [2.24, 2.45) is 0 Å². The monoisotopic (exact) mass is 604 g/mol. The Morgan fingerprint density at radius 1 is 1.13 bits per heavy atom. The normalized spacial score (nSPS) is 16.1. The van der Waals surface area contributed by atoms with Gasteiger partial charge in [-0.3, -0.25) is 4.79 Å². The number of amides is 1. The van der Waals surface area contributed by atoms with E-state index < -0.39 is 11.9 Å². The van der Waals surface area contributed by atoms with Gasteiger partial charge in [-0.15, -0.1) is 11.3 Å². The zero-order valence-corrected chi connectivity index (χ0v) is 24.1. The van der Waals surface area contributed by atoms with Gasteiger partial charge in [0.2, 0.25) is 5.91 Å². The van der Waals surface area contributed by atoms with Gasteiger partial charge in [0.05, 0.1) is 12.8 Å². The zero-order valence-electron chi connectivity index (χ0n) is 21.7. The van der Waals surface area contributed by atoms with Gasteiger partial charge in [0, 0.05) is 45.2 Å². The van der Waals surface area contributed by atoms with Crippen molar-refractivity contribution in [1.82, 2.24) is 9.80 Å². The van der Waals surface area contributed by atoms with Gasteiger partial charge in [-0.05, 0) is 80.4 Å². The number of carbonyl (C=O) groups excluding carboxylic acids is 1. The predicted molar refractivity (Wildman–Crippen MR) is 150 cm³/mol. The van der Waals surface area contributed by atoms with Crippen LogP contribution in [-0.4, -0.2) is 64.0 Å². The summed E-state index contributed by atoms with van der Waals surface area (Å²) >= 11 is 5.56. The maximum absolute atomic E-state index is 11.8. The molecule has 0 radical (unpaired) electrons. The van der Waals surface area contributed by atoms with Crippen molar-refractivity contribution in [3.8, 4) is 0 Å². The number of aliphatic carboxylic acids is 2. The number of thiophene rings is 1. The minimum absolute atomic E-state index is 0.198. The van der Waals surface area contributed by atoms with Crippen LogP contribution in [0.25, 0.3) is 11.0 Å². The topological polar surface area (TPSA) is 111 Å². The average Bonchev–Trinajstić information content (AvgIpc) is 3.48. The molecule has 38 heavy (non-hydrogen) atoms. The smallest absolute Gasteiger partial charge is 0.414 e. The van der Waals surface area contributed by atoms with Gasteiger partial charge >= 0.3 is 11.9 Å². The van der Waals surface area contributed by atoms with Crippen LogP contribution in [0.3, 0.4) is 0 Å². The first kappa shape index (κ1) is 28.3. The fraction of sp³-hybridized carbons (Fsp3) is 0.464. The Labute approximate surface area is 234 Å². The second-order valence-corrected chi connectivity index (χ2v) is 11.9. The molecule has 204 valence electrons. The molecule has 1 aromatic carbocycles. The van der Waals surface area contributed by atoms with E-state index in [9.17, 15) is 4.79 Å². The van der Waals surface area contributed by atoms with E-state index in [0.717, 1.165) is 62.0 Å². The highest BCUT2D eigenvalue weighted by molar-refractivity contribution is 9.10. The minimum atomic E-state index is -1.82. The van der Waals surface area contributed by atoms with Crippen LogP contribution in [0.2, 0.25) is 0 Å². The summed E-state index contributed by atoms with van der Waals surface area (Å²) < 4.78 is 6.93. The molecule has 1 saturated heterocycles. The number of nitrogens with zero attached hydrogens (tertiary/aromatic N) is 2. The number of carboxylic acid groups (broad SMARTS) is 2. The second-order valence-electron chi connectivity index (χ2n) is 9.76. The highest BCUT2D eigenvalue weighted by Gasteiger charge is 2.26. The Morgan fingerprint density at radius 3 is 2.47 bits per heavy atom. The van der Waals surface area contributed by atoms with Crippen LogP contribution in [0.4, 0.5) is 0 Å². The lowest BCUT2D eigenvalue weighted by Crippen LogP contribution is -2.34. The van der Waals surface area contributed by atoms with E-state index in [1.54, 1.807) is 22.9 Å². The predicted octanol–water partition coefficient (Wildman–Crippen LogP) is 5.30. The van der Waals surface area contributed by atoms with Crippen molar-refractivity contribution in [1.29, 1.82) is 0 Å². The van der Waals surface area contributed by atoms with Crippen LogP contribution in [0.5, 0.6) is 0 Å². The highest BCUT2D eigenvalue weighted by Crippen LogP contribution is 2.37. The number of carboxylic acids is 2. The molecule has 0 bridgehead atoms. The molecule has 2 aliphatic rings. The quantitative estimate of drug-likeness (QED) is 0.380. The Bertz CT molecular complexity index is 1310. The number of likely N-dealkylation sites (tertiary alicyclic amines) is 1. The van der Waals surface area contributed by atoms with Gasteiger partial charge in [-0.2, -0.15) is 0 Å². The number of piperidine rings is 1.